The molecule has 0 aromatic carbocycles. The maximum atomic E-state index is 14.4. The highest BCUT2D eigenvalue weighted by Crippen LogP contribution is 2.41. The molecule has 0 spiro atoms. The number of ether oxygens (including phenoxy) is 3. The van der Waals surface area contributed by atoms with Crippen molar-refractivity contribution >= 4 is 17.8 Å². The lowest BCUT2D eigenvalue weighted by Crippen LogP contribution is -2.43. The molecule has 11 heteroatoms. The van der Waals surface area contributed by atoms with Crippen LogP contribution >= 0.6 is 0 Å². The van der Waals surface area contributed by atoms with E-state index in [1.807, 2.05) is 30.2 Å². The van der Waals surface area contributed by atoms with Crippen LogP contribution in [0.2, 0.25) is 0 Å². The zero-order chi connectivity index (χ0) is 33.7. The van der Waals surface area contributed by atoms with Gasteiger partial charge in [0.2, 0.25) is 11.8 Å². The molecule has 0 unspecified atom stereocenters. The summed E-state index contributed by atoms with van der Waals surface area (Å²) in [5, 5.41) is 2.99. The molecule has 262 valence electrons. The Labute approximate surface area is 288 Å². The van der Waals surface area contributed by atoms with E-state index in [9.17, 15) is 9.59 Å². The first-order valence-electron chi connectivity index (χ1n) is 18.2. The van der Waals surface area contributed by atoms with Crippen molar-refractivity contribution in [2.45, 2.75) is 108 Å². The fourth-order valence-corrected chi connectivity index (χ4v) is 7.76. The van der Waals surface area contributed by atoms with Crippen LogP contribution in [-0.2, 0) is 14.3 Å². The average Bonchev–Trinajstić information content (AvgIpc) is 3.87. The number of anilines is 1. The number of nitrogens with one attached hydrogen (secondary N) is 1. The van der Waals surface area contributed by atoms with E-state index in [0.29, 0.717) is 74.9 Å². The van der Waals surface area contributed by atoms with Gasteiger partial charge in [-0.25, -0.2) is 19.7 Å². The average molecular weight is 672 g/mol. The third-order valence-corrected chi connectivity index (χ3v) is 10.9. The van der Waals surface area contributed by atoms with Crippen molar-refractivity contribution < 1.29 is 28.2 Å². The molecule has 11 nitrogen and oxygen atoms in total. The number of alkyl carbamates (subject to hydrolysis) is 1. The van der Waals surface area contributed by atoms with Gasteiger partial charge in [-0.15, -0.1) is 0 Å². The lowest BCUT2D eigenvalue weighted by atomic mass is 9.78. The highest BCUT2D eigenvalue weighted by atomic mass is 16.6. The number of carbonyl (C=O) groups is 2. The highest BCUT2D eigenvalue weighted by molar-refractivity contribution is 5.94. The number of nitrogens with zero attached hydrogens (tertiary/aromatic N) is 4. The van der Waals surface area contributed by atoms with Crippen molar-refractivity contribution in [1.29, 1.82) is 0 Å². The molecule has 3 aromatic heterocycles. The predicted molar refractivity (Wildman–Crippen MR) is 183 cm³/mol. The lowest BCUT2D eigenvalue weighted by molar-refractivity contribution is -0.124. The molecule has 0 bridgehead atoms. The summed E-state index contributed by atoms with van der Waals surface area (Å²) >= 11 is 0. The molecule has 0 atom stereocenters. The second kappa shape index (κ2) is 15.3. The predicted octanol–water partition coefficient (Wildman–Crippen LogP) is 7.10. The van der Waals surface area contributed by atoms with Gasteiger partial charge in [-0.2, -0.15) is 0 Å². The van der Waals surface area contributed by atoms with E-state index in [-0.39, 0.29) is 30.1 Å². The Hall–Kier alpha value is -3.99. The minimum atomic E-state index is -0.363. The van der Waals surface area contributed by atoms with E-state index >= 15 is 0 Å². The van der Waals surface area contributed by atoms with Crippen molar-refractivity contribution in [3.8, 4) is 17.1 Å². The number of rotatable bonds is 10. The molecule has 0 radical (unpaired) electrons. The van der Waals surface area contributed by atoms with Crippen molar-refractivity contribution in [1.82, 2.24) is 20.3 Å². The summed E-state index contributed by atoms with van der Waals surface area (Å²) in [4.78, 5) is 42.9. The number of pyridine rings is 2. The maximum absolute atomic E-state index is 14.4. The Balaban J connectivity index is 1.02. The van der Waals surface area contributed by atoms with Gasteiger partial charge in [-0.3, -0.25) is 9.69 Å². The van der Waals surface area contributed by atoms with Crippen LogP contribution in [0.3, 0.4) is 0 Å². The fourth-order valence-electron chi connectivity index (χ4n) is 7.76. The molecule has 1 saturated heterocycles. The van der Waals surface area contributed by atoms with Gasteiger partial charge in [0.25, 0.3) is 0 Å². The van der Waals surface area contributed by atoms with Crippen LogP contribution in [0, 0.1) is 18.8 Å². The van der Waals surface area contributed by atoms with Crippen molar-refractivity contribution in [3.05, 3.63) is 53.9 Å². The van der Waals surface area contributed by atoms with E-state index < -0.39 is 0 Å². The minimum Gasteiger partial charge on any atom is -0.481 e. The molecule has 3 aliphatic carbocycles. The Kier molecular flexibility index (Phi) is 10.4. The van der Waals surface area contributed by atoms with Gasteiger partial charge in [0.15, 0.2) is 5.89 Å². The molecule has 3 saturated carbocycles. The summed E-state index contributed by atoms with van der Waals surface area (Å²) in [6.45, 7) is 3.98. The third kappa shape index (κ3) is 8.25. The molecule has 7 rings (SSSR count). The summed E-state index contributed by atoms with van der Waals surface area (Å²) in [6, 6.07) is 6.22. The zero-order valence-electron chi connectivity index (χ0n) is 28.8. The normalized spacial score (nSPS) is 24.6. The van der Waals surface area contributed by atoms with Crippen LogP contribution in [0.25, 0.3) is 11.3 Å². The molecule has 1 N–H and O–H groups in total. The first kappa shape index (κ1) is 33.5. The molecule has 4 aliphatic rings. The topological polar surface area (TPSA) is 129 Å². The number of methoxy groups -OCH3 is 1. The number of aromatic nitrogens is 3. The second-order valence-electron chi connectivity index (χ2n) is 14.4. The van der Waals surface area contributed by atoms with Gasteiger partial charge in [0, 0.05) is 61.2 Å². The molecular weight excluding hydrogens is 622 g/mol. The number of aryl methyl sites for hydroxylation is 1. The first-order valence-corrected chi connectivity index (χ1v) is 18.2. The van der Waals surface area contributed by atoms with Gasteiger partial charge < -0.3 is 23.9 Å². The van der Waals surface area contributed by atoms with E-state index in [2.05, 4.69) is 16.4 Å². The van der Waals surface area contributed by atoms with E-state index in [1.165, 1.54) is 5.56 Å². The van der Waals surface area contributed by atoms with Gasteiger partial charge in [0.1, 0.15) is 23.9 Å². The monoisotopic (exact) mass is 671 g/mol. The van der Waals surface area contributed by atoms with Gasteiger partial charge in [-0.05, 0) is 120 Å². The van der Waals surface area contributed by atoms with Crippen molar-refractivity contribution in [2.24, 2.45) is 11.8 Å². The van der Waals surface area contributed by atoms with Crippen LogP contribution < -0.4 is 15.0 Å². The summed E-state index contributed by atoms with van der Waals surface area (Å²) in [5.41, 5.74) is 4.00. The van der Waals surface area contributed by atoms with Gasteiger partial charge in [0.05, 0.1) is 7.11 Å². The number of oxazole rings is 1. The largest absolute Gasteiger partial charge is 0.481 e. The zero-order valence-corrected chi connectivity index (χ0v) is 28.8. The Bertz CT molecular complexity index is 1580. The van der Waals surface area contributed by atoms with Crippen molar-refractivity contribution in [2.75, 3.05) is 31.8 Å². The standard InChI is InChI=1S/C38H49N5O6/c1-24-19-30(21-40-35(24)46-2)26-5-3-25(4-6-26)22-43(34-20-29(13-16-39-34)33-23-48-36(42-33)27-7-8-27)37(44)28-9-11-32(12-10-28)49-38(45)41-31-14-17-47-18-15-31/h13,16,19-21,23,25-28,31-32H,3-12,14-15,17-18,22H2,1-2H3,(H,41,45). The lowest BCUT2D eigenvalue weighted by Gasteiger charge is -2.35. The number of hydrogen-bond acceptors (Lipinski definition) is 9. The summed E-state index contributed by atoms with van der Waals surface area (Å²) in [7, 11) is 1.65. The summed E-state index contributed by atoms with van der Waals surface area (Å²) in [6.07, 6.45) is 15.6. The Morgan fingerprint density at radius 1 is 0.939 bits per heavy atom. The fraction of sp³-hybridized carbons (Fsp3) is 0.605. The van der Waals surface area contributed by atoms with Crippen LogP contribution in [0.5, 0.6) is 5.88 Å². The second-order valence-corrected chi connectivity index (χ2v) is 14.4. The molecule has 4 heterocycles. The number of carbonyl (C=O) groups excluding carboxylic acids is 2. The first-order chi connectivity index (χ1) is 23.9. The molecule has 2 amide bonds. The smallest absolute Gasteiger partial charge is 0.407 e. The van der Waals surface area contributed by atoms with Crippen molar-refractivity contribution in [3.63, 3.8) is 0 Å². The minimum absolute atomic E-state index is 0.0978. The number of hydrogen-bond donors (Lipinski definition) is 1. The van der Waals surface area contributed by atoms with E-state index in [1.54, 1.807) is 19.6 Å². The molecule has 3 aromatic rings. The Morgan fingerprint density at radius 3 is 2.41 bits per heavy atom. The third-order valence-electron chi connectivity index (χ3n) is 10.9. The Morgan fingerprint density at radius 2 is 1.69 bits per heavy atom. The highest BCUT2D eigenvalue weighted by Gasteiger charge is 2.35. The molecule has 4 fully saturated rings. The van der Waals surface area contributed by atoms with Crippen LogP contribution in [0.4, 0.5) is 10.6 Å². The summed E-state index contributed by atoms with van der Waals surface area (Å²) < 4.78 is 22.3. The summed E-state index contributed by atoms with van der Waals surface area (Å²) in [5.74, 6) is 3.31. The van der Waals surface area contributed by atoms with Gasteiger partial charge >= 0.3 is 6.09 Å². The van der Waals surface area contributed by atoms with E-state index in [0.717, 1.165) is 74.1 Å². The number of amides is 2. The quantitative estimate of drug-likeness (QED) is 0.240. The van der Waals surface area contributed by atoms with Gasteiger partial charge in [-0.1, -0.05) is 0 Å². The SMILES string of the molecule is COc1ncc(C2CCC(CN(C(=O)C3CCC(OC(=O)NC4CCOCC4)CC3)c3cc(-c4coc(C5CC5)n4)ccn3)CC2)cc1C. The molecule has 1 aliphatic heterocycles. The van der Waals surface area contributed by atoms with Crippen LogP contribution in [0.1, 0.15) is 106 Å². The van der Waals surface area contributed by atoms with Crippen LogP contribution in [-0.4, -0.2) is 66.0 Å². The molecular formula is C38H49N5O6. The van der Waals surface area contributed by atoms with Crippen LogP contribution in [0.15, 0.2) is 41.3 Å². The van der Waals surface area contributed by atoms with E-state index in [4.69, 9.17) is 28.6 Å². The maximum Gasteiger partial charge on any atom is 0.407 e. The molecule has 49 heavy (non-hydrogen) atoms.